The molecule has 0 aliphatic carbocycles. The maximum absolute atomic E-state index is 11.7. The number of hydrogen-bond donors (Lipinski definition) is 0. The molecule has 0 aromatic heterocycles. The van der Waals surface area contributed by atoms with E-state index in [4.69, 9.17) is 14.7 Å². The number of esters is 1. The Bertz CT molecular complexity index is 582. The SMILES string of the molecule is CCOC(=O)C(C#N)c1cc(OC)c(Br)cc1[N+](=O)[O-]. The minimum Gasteiger partial charge on any atom is -0.496 e. The van der Waals surface area contributed by atoms with Crippen LogP contribution in [0, 0.1) is 21.4 Å². The monoisotopic (exact) mass is 342 g/mol. The molecule has 0 radical (unpaired) electrons. The number of rotatable bonds is 5. The standard InChI is InChI=1S/C12H11BrN2O5/c1-3-20-12(16)8(6-14)7-4-11(19-2)9(13)5-10(7)15(17)18/h4-5,8H,3H2,1-2H3. The fourth-order valence-electron chi connectivity index (χ4n) is 1.58. The fraction of sp³-hybridized carbons (Fsp3) is 0.333. The average Bonchev–Trinajstić information content (AvgIpc) is 2.40. The van der Waals surface area contributed by atoms with Gasteiger partial charge in [-0.2, -0.15) is 5.26 Å². The molecule has 1 atom stereocenters. The molecule has 0 amide bonds. The lowest BCUT2D eigenvalue weighted by Gasteiger charge is -2.11. The summed E-state index contributed by atoms with van der Waals surface area (Å²) in [4.78, 5) is 22.1. The van der Waals surface area contributed by atoms with Crippen molar-refractivity contribution >= 4 is 27.6 Å². The number of hydrogen-bond acceptors (Lipinski definition) is 6. The van der Waals surface area contributed by atoms with E-state index >= 15 is 0 Å². The van der Waals surface area contributed by atoms with Gasteiger partial charge in [-0.1, -0.05) is 0 Å². The lowest BCUT2D eigenvalue weighted by Crippen LogP contribution is -2.16. The second kappa shape index (κ2) is 6.86. The number of methoxy groups -OCH3 is 1. The van der Waals surface area contributed by atoms with Crippen LogP contribution in [0.5, 0.6) is 5.75 Å². The predicted molar refractivity (Wildman–Crippen MR) is 72.3 cm³/mol. The summed E-state index contributed by atoms with van der Waals surface area (Å²) < 4.78 is 10.1. The molecule has 1 aromatic carbocycles. The molecule has 1 rings (SSSR count). The zero-order valence-corrected chi connectivity index (χ0v) is 12.3. The highest BCUT2D eigenvalue weighted by Gasteiger charge is 2.30. The number of halogens is 1. The molecule has 1 aromatic rings. The molecular formula is C12H11BrN2O5. The number of ether oxygens (including phenoxy) is 2. The molecule has 8 heteroatoms. The molecule has 7 nitrogen and oxygen atoms in total. The summed E-state index contributed by atoms with van der Waals surface area (Å²) in [6.45, 7) is 1.67. The van der Waals surface area contributed by atoms with Crippen LogP contribution in [0.3, 0.4) is 0 Å². The maximum atomic E-state index is 11.7. The van der Waals surface area contributed by atoms with Crippen LogP contribution in [0.1, 0.15) is 18.4 Å². The third-order valence-electron chi connectivity index (χ3n) is 2.46. The number of carbonyl (C=O) groups is 1. The molecule has 1 unspecified atom stereocenters. The topological polar surface area (TPSA) is 102 Å². The van der Waals surface area contributed by atoms with Gasteiger partial charge in [0.25, 0.3) is 5.69 Å². The van der Waals surface area contributed by atoms with Gasteiger partial charge in [-0.3, -0.25) is 14.9 Å². The second-order valence-electron chi connectivity index (χ2n) is 3.62. The summed E-state index contributed by atoms with van der Waals surface area (Å²) in [6.07, 6.45) is 0. The molecule has 0 aliphatic heterocycles. The number of nitrogens with zero attached hydrogens (tertiary/aromatic N) is 2. The fourth-order valence-corrected chi connectivity index (χ4v) is 2.07. The number of carbonyl (C=O) groups excluding carboxylic acids is 1. The third-order valence-corrected chi connectivity index (χ3v) is 3.08. The van der Waals surface area contributed by atoms with E-state index in [1.54, 1.807) is 13.0 Å². The smallest absolute Gasteiger partial charge is 0.328 e. The van der Waals surface area contributed by atoms with E-state index in [9.17, 15) is 14.9 Å². The summed E-state index contributed by atoms with van der Waals surface area (Å²) in [5.74, 6) is -1.92. The number of benzene rings is 1. The highest BCUT2D eigenvalue weighted by Crippen LogP contribution is 2.36. The van der Waals surface area contributed by atoms with Crippen LogP contribution in [0.25, 0.3) is 0 Å². The molecule has 0 saturated carbocycles. The highest BCUT2D eigenvalue weighted by atomic mass is 79.9. The van der Waals surface area contributed by atoms with Gasteiger partial charge in [-0.05, 0) is 28.9 Å². The van der Waals surface area contributed by atoms with Gasteiger partial charge in [0.2, 0.25) is 0 Å². The Morgan fingerprint density at radius 1 is 1.60 bits per heavy atom. The third kappa shape index (κ3) is 3.24. The van der Waals surface area contributed by atoms with Gasteiger partial charge < -0.3 is 9.47 Å². The van der Waals surface area contributed by atoms with Crippen molar-refractivity contribution in [3.8, 4) is 11.8 Å². The van der Waals surface area contributed by atoms with E-state index in [2.05, 4.69) is 15.9 Å². The first-order valence-corrected chi connectivity index (χ1v) is 6.33. The Balaban J connectivity index is 3.43. The molecule has 0 bridgehead atoms. The van der Waals surface area contributed by atoms with Crippen molar-refractivity contribution in [3.63, 3.8) is 0 Å². The first-order valence-electron chi connectivity index (χ1n) is 5.54. The largest absolute Gasteiger partial charge is 0.496 e. The van der Waals surface area contributed by atoms with Gasteiger partial charge in [-0.25, -0.2) is 0 Å². The Kier molecular flexibility index (Phi) is 5.46. The summed E-state index contributed by atoms with van der Waals surface area (Å²) in [6, 6.07) is 4.20. The molecule has 20 heavy (non-hydrogen) atoms. The van der Waals surface area contributed by atoms with E-state index in [0.29, 0.717) is 4.47 Å². The molecule has 0 heterocycles. The summed E-state index contributed by atoms with van der Waals surface area (Å²) in [7, 11) is 1.38. The van der Waals surface area contributed by atoms with Crippen LogP contribution in [-0.2, 0) is 9.53 Å². The molecule has 0 fully saturated rings. The number of nitro groups is 1. The number of nitro benzene ring substituents is 1. The van der Waals surface area contributed by atoms with Crippen molar-refractivity contribution in [2.75, 3.05) is 13.7 Å². The Morgan fingerprint density at radius 2 is 2.25 bits per heavy atom. The predicted octanol–water partition coefficient (Wildman–Crippen LogP) is 2.54. The van der Waals surface area contributed by atoms with Crippen LogP contribution in [0.4, 0.5) is 5.69 Å². The number of nitriles is 1. The van der Waals surface area contributed by atoms with Crippen molar-refractivity contribution in [1.82, 2.24) is 0 Å². The van der Waals surface area contributed by atoms with Gasteiger partial charge >= 0.3 is 5.97 Å². The first kappa shape index (κ1) is 15.9. The minimum atomic E-state index is -1.38. The van der Waals surface area contributed by atoms with Crippen LogP contribution in [0.2, 0.25) is 0 Å². The van der Waals surface area contributed by atoms with Gasteiger partial charge in [0.15, 0.2) is 5.92 Å². The van der Waals surface area contributed by atoms with Gasteiger partial charge in [0.05, 0.1) is 34.7 Å². The van der Waals surface area contributed by atoms with E-state index in [0.717, 1.165) is 0 Å². The summed E-state index contributed by atoms with van der Waals surface area (Å²) in [5, 5.41) is 20.1. The molecule has 0 saturated heterocycles. The molecule has 0 N–H and O–H groups in total. The summed E-state index contributed by atoms with van der Waals surface area (Å²) in [5.41, 5.74) is -0.409. The van der Waals surface area contributed by atoms with E-state index < -0.39 is 16.8 Å². The first-order chi connectivity index (χ1) is 9.46. The van der Waals surface area contributed by atoms with Crippen LogP contribution >= 0.6 is 15.9 Å². The van der Waals surface area contributed by atoms with Crippen molar-refractivity contribution in [3.05, 3.63) is 32.3 Å². The van der Waals surface area contributed by atoms with Gasteiger partial charge in [-0.15, -0.1) is 0 Å². The molecule has 106 valence electrons. The Hall–Kier alpha value is -2.14. The molecule has 0 aliphatic rings. The van der Waals surface area contributed by atoms with Gasteiger partial charge in [0.1, 0.15) is 5.75 Å². The molecule has 0 spiro atoms. The zero-order valence-electron chi connectivity index (χ0n) is 10.8. The van der Waals surface area contributed by atoms with Crippen LogP contribution in [0.15, 0.2) is 16.6 Å². The lowest BCUT2D eigenvalue weighted by atomic mass is 9.98. The Labute approximate surface area is 123 Å². The van der Waals surface area contributed by atoms with Crippen molar-refractivity contribution in [1.29, 1.82) is 5.26 Å². The summed E-state index contributed by atoms with van der Waals surface area (Å²) >= 11 is 3.12. The quantitative estimate of drug-likeness (QED) is 0.462. The van der Waals surface area contributed by atoms with E-state index in [1.807, 2.05) is 0 Å². The van der Waals surface area contributed by atoms with Crippen LogP contribution < -0.4 is 4.74 Å². The lowest BCUT2D eigenvalue weighted by molar-refractivity contribution is -0.385. The minimum absolute atomic E-state index is 0.0593. The van der Waals surface area contributed by atoms with Crippen molar-refractivity contribution in [2.45, 2.75) is 12.8 Å². The zero-order chi connectivity index (χ0) is 15.3. The Morgan fingerprint density at radius 3 is 2.70 bits per heavy atom. The van der Waals surface area contributed by atoms with Crippen molar-refractivity contribution < 1.29 is 19.2 Å². The second-order valence-corrected chi connectivity index (χ2v) is 4.47. The maximum Gasteiger partial charge on any atom is 0.328 e. The normalized spacial score (nSPS) is 11.3. The van der Waals surface area contributed by atoms with Crippen LogP contribution in [-0.4, -0.2) is 24.6 Å². The van der Waals surface area contributed by atoms with E-state index in [1.165, 1.54) is 19.2 Å². The average molecular weight is 343 g/mol. The van der Waals surface area contributed by atoms with E-state index in [-0.39, 0.29) is 23.6 Å². The molecular weight excluding hydrogens is 332 g/mol. The highest BCUT2D eigenvalue weighted by molar-refractivity contribution is 9.10. The van der Waals surface area contributed by atoms with Crippen molar-refractivity contribution in [2.24, 2.45) is 0 Å². The van der Waals surface area contributed by atoms with Gasteiger partial charge in [0, 0.05) is 6.07 Å².